The summed E-state index contributed by atoms with van der Waals surface area (Å²) >= 11 is 9.23. The molecule has 0 aliphatic heterocycles. The van der Waals surface area contributed by atoms with Gasteiger partial charge in [0.2, 0.25) is 0 Å². The van der Waals surface area contributed by atoms with Gasteiger partial charge in [-0.05, 0) is 46.1 Å². The summed E-state index contributed by atoms with van der Waals surface area (Å²) in [6.07, 6.45) is 0.820. The predicted octanol–water partition coefficient (Wildman–Crippen LogP) is 4.75. The summed E-state index contributed by atoms with van der Waals surface area (Å²) in [5.41, 5.74) is 1.09. The van der Waals surface area contributed by atoms with Gasteiger partial charge in [0.25, 0.3) is 5.91 Å². The number of nitrogens with one attached hydrogen (secondary N) is 1. The van der Waals surface area contributed by atoms with Crippen molar-refractivity contribution < 1.29 is 9.53 Å². The van der Waals surface area contributed by atoms with Gasteiger partial charge in [-0.3, -0.25) is 4.79 Å². The van der Waals surface area contributed by atoms with Crippen molar-refractivity contribution in [2.24, 2.45) is 0 Å². The molecule has 0 aromatic heterocycles. The smallest absolute Gasteiger partial charge is 0.258 e. The van der Waals surface area contributed by atoms with Gasteiger partial charge in [0.15, 0.2) is 6.61 Å². The summed E-state index contributed by atoms with van der Waals surface area (Å²) in [6, 6.07) is 15.1. The Bertz CT molecular complexity index is 634. The third kappa shape index (κ3) is 4.75. The van der Waals surface area contributed by atoms with Gasteiger partial charge in [0, 0.05) is 5.02 Å². The van der Waals surface area contributed by atoms with E-state index in [1.807, 2.05) is 37.3 Å². The molecule has 1 unspecified atom stereocenters. The first-order valence-corrected chi connectivity index (χ1v) is 8.19. The highest BCUT2D eigenvalue weighted by Gasteiger charge is 2.13. The molecule has 0 aliphatic rings. The fourth-order valence-electron chi connectivity index (χ4n) is 2.08. The van der Waals surface area contributed by atoms with Crippen LogP contribution in [-0.4, -0.2) is 12.5 Å². The topological polar surface area (TPSA) is 38.3 Å². The van der Waals surface area contributed by atoms with Crippen molar-refractivity contribution in [3.63, 3.8) is 0 Å². The van der Waals surface area contributed by atoms with Crippen LogP contribution in [0.2, 0.25) is 5.02 Å². The normalized spacial score (nSPS) is 11.8. The quantitative estimate of drug-likeness (QED) is 0.783. The van der Waals surface area contributed by atoms with Crippen molar-refractivity contribution in [2.45, 2.75) is 19.4 Å². The van der Waals surface area contributed by atoms with Gasteiger partial charge in [-0.25, -0.2) is 0 Å². The standard InChI is InChI=1S/C17H17BrClNO2/c1-2-15(12-6-4-3-5-7-12)20-17(21)11-22-16-9-8-13(19)10-14(16)18/h3-10,15H,2,11H2,1H3,(H,20,21). The van der Waals surface area contributed by atoms with Crippen LogP contribution in [0.5, 0.6) is 5.75 Å². The van der Waals surface area contributed by atoms with Crippen LogP contribution in [0.1, 0.15) is 24.9 Å². The summed E-state index contributed by atoms with van der Waals surface area (Å²) < 4.78 is 6.24. The third-order valence-corrected chi connectivity index (χ3v) is 4.05. The molecule has 0 radical (unpaired) electrons. The molecule has 0 bridgehead atoms. The van der Waals surface area contributed by atoms with E-state index in [-0.39, 0.29) is 18.6 Å². The number of benzene rings is 2. The van der Waals surface area contributed by atoms with Crippen molar-refractivity contribution in [1.29, 1.82) is 0 Å². The van der Waals surface area contributed by atoms with Crippen LogP contribution >= 0.6 is 27.5 Å². The summed E-state index contributed by atoms with van der Waals surface area (Å²) in [6.45, 7) is 2.00. The summed E-state index contributed by atoms with van der Waals surface area (Å²) in [5.74, 6) is 0.435. The van der Waals surface area contributed by atoms with E-state index in [0.29, 0.717) is 10.8 Å². The van der Waals surface area contributed by atoms with Crippen LogP contribution in [-0.2, 0) is 4.79 Å². The highest BCUT2D eigenvalue weighted by atomic mass is 79.9. The molecule has 1 N–H and O–H groups in total. The van der Waals surface area contributed by atoms with Crippen molar-refractivity contribution in [2.75, 3.05) is 6.61 Å². The number of halogens is 2. The van der Waals surface area contributed by atoms with Crippen LogP contribution in [0, 0.1) is 0 Å². The van der Waals surface area contributed by atoms with E-state index in [1.165, 1.54) is 0 Å². The number of hydrogen-bond donors (Lipinski definition) is 1. The highest BCUT2D eigenvalue weighted by Crippen LogP contribution is 2.27. The number of amides is 1. The van der Waals surface area contributed by atoms with Crippen LogP contribution in [0.15, 0.2) is 53.0 Å². The van der Waals surface area contributed by atoms with E-state index in [1.54, 1.807) is 18.2 Å². The first-order chi connectivity index (χ1) is 10.6. The highest BCUT2D eigenvalue weighted by molar-refractivity contribution is 9.10. The van der Waals surface area contributed by atoms with Gasteiger partial charge in [0.1, 0.15) is 5.75 Å². The fourth-order valence-corrected chi connectivity index (χ4v) is 2.88. The Kier molecular flexibility index (Phi) is 6.28. The average Bonchev–Trinajstić information content (AvgIpc) is 2.52. The molecule has 0 spiro atoms. The van der Waals surface area contributed by atoms with E-state index in [9.17, 15) is 4.79 Å². The van der Waals surface area contributed by atoms with Crippen molar-refractivity contribution in [3.05, 3.63) is 63.6 Å². The molecule has 2 aromatic carbocycles. The van der Waals surface area contributed by atoms with E-state index in [4.69, 9.17) is 16.3 Å². The summed E-state index contributed by atoms with van der Waals surface area (Å²) in [7, 11) is 0. The van der Waals surface area contributed by atoms with Gasteiger partial charge < -0.3 is 10.1 Å². The Hall–Kier alpha value is -1.52. The molecule has 0 saturated heterocycles. The number of hydrogen-bond acceptors (Lipinski definition) is 2. The zero-order valence-electron chi connectivity index (χ0n) is 12.2. The first-order valence-electron chi connectivity index (χ1n) is 7.02. The molecule has 2 rings (SSSR count). The molecule has 0 heterocycles. The van der Waals surface area contributed by atoms with Gasteiger partial charge in [-0.1, -0.05) is 48.9 Å². The van der Waals surface area contributed by atoms with Crippen molar-refractivity contribution >= 4 is 33.4 Å². The van der Waals surface area contributed by atoms with Crippen LogP contribution in [0.3, 0.4) is 0 Å². The molecule has 2 aromatic rings. The van der Waals surface area contributed by atoms with Crippen LogP contribution < -0.4 is 10.1 Å². The molecular formula is C17H17BrClNO2. The minimum absolute atomic E-state index is 0.00837. The van der Waals surface area contributed by atoms with Crippen molar-refractivity contribution in [3.8, 4) is 5.75 Å². The second-order valence-corrected chi connectivity index (χ2v) is 6.09. The maximum absolute atomic E-state index is 12.1. The minimum atomic E-state index is -0.155. The Labute approximate surface area is 143 Å². The molecule has 22 heavy (non-hydrogen) atoms. The second-order valence-electron chi connectivity index (χ2n) is 4.80. The van der Waals surface area contributed by atoms with Gasteiger partial charge >= 0.3 is 0 Å². The Morgan fingerprint density at radius 2 is 2.00 bits per heavy atom. The molecule has 0 aliphatic carbocycles. The molecular weight excluding hydrogens is 366 g/mol. The monoisotopic (exact) mass is 381 g/mol. The van der Waals surface area contributed by atoms with Gasteiger partial charge in [-0.15, -0.1) is 0 Å². The number of rotatable bonds is 6. The van der Waals surface area contributed by atoms with E-state index in [0.717, 1.165) is 16.5 Å². The number of carbonyl (C=O) groups is 1. The zero-order valence-corrected chi connectivity index (χ0v) is 14.5. The lowest BCUT2D eigenvalue weighted by Gasteiger charge is -2.17. The number of carbonyl (C=O) groups excluding carboxylic acids is 1. The molecule has 5 heteroatoms. The second kappa shape index (κ2) is 8.20. The SMILES string of the molecule is CCC(NC(=O)COc1ccc(Cl)cc1Br)c1ccccc1. The Morgan fingerprint density at radius 3 is 2.64 bits per heavy atom. The van der Waals surface area contributed by atoms with E-state index < -0.39 is 0 Å². The van der Waals surface area contributed by atoms with Crippen LogP contribution in [0.25, 0.3) is 0 Å². The number of ether oxygens (including phenoxy) is 1. The maximum atomic E-state index is 12.1. The zero-order chi connectivity index (χ0) is 15.9. The summed E-state index contributed by atoms with van der Waals surface area (Å²) in [4.78, 5) is 12.1. The van der Waals surface area contributed by atoms with E-state index in [2.05, 4.69) is 21.2 Å². The van der Waals surface area contributed by atoms with Crippen molar-refractivity contribution in [1.82, 2.24) is 5.32 Å². The maximum Gasteiger partial charge on any atom is 0.258 e. The lowest BCUT2D eigenvalue weighted by molar-refractivity contribution is -0.123. The minimum Gasteiger partial charge on any atom is -0.483 e. The molecule has 3 nitrogen and oxygen atoms in total. The molecule has 0 fully saturated rings. The third-order valence-electron chi connectivity index (χ3n) is 3.20. The predicted molar refractivity (Wildman–Crippen MR) is 92.3 cm³/mol. The molecule has 116 valence electrons. The summed E-state index contributed by atoms with van der Waals surface area (Å²) in [5, 5.41) is 3.59. The lowest BCUT2D eigenvalue weighted by atomic mass is 10.0. The first kappa shape index (κ1) is 16.8. The Morgan fingerprint density at radius 1 is 1.27 bits per heavy atom. The molecule has 1 atom stereocenters. The van der Waals surface area contributed by atoms with Gasteiger partial charge in [0.05, 0.1) is 10.5 Å². The molecule has 0 saturated carbocycles. The average molecular weight is 383 g/mol. The largest absolute Gasteiger partial charge is 0.483 e. The lowest BCUT2D eigenvalue weighted by Crippen LogP contribution is -2.32. The van der Waals surface area contributed by atoms with Gasteiger partial charge in [-0.2, -0.15) is 0 Å². The Balaban J connectivity index is 1.92. The van der Waals surface area contributed by atoms with Crippen LogP contribution in [0.4, 0.5) is 0 Å². The molecule has 1 amide bonds. The van der Waals surface area contributed by atoms with E-state index >= 15 is 0 Å². The fraction of sp³-hybridized carbons (Fsp3) is 0.235.